The van der Waals surface area contributed by atoms with E-state index in [1.807, 2.05) is 0 Å². The fraction of sp³-hybridized carbons (Fsp3) is 1.00. The van der Waals surface area contributed by atoms with Gasteiger partial charge >= 0.3 is 87.1 Å². The van der Waals surface area contributed by atoms with Crippen LogP contribution in [-0.4, -0.2) is 50.1 Å². The number of methoxy groups -OCH3 is 1. The molecule has 0 atom stereocenters. The van der Waals surface area contributed by atoms with E-state index < -0.39 is 6.83 Å². The van der Waals surface area contributed by atoms with Crippen LogP contribution in [0, 0.1) is 0 Å². The molecule has 0 bridgehead atoms. The third-order valence-electron chi connectivity index (χ3n) is 3.29. The second-order valence-corrected chi connectivity index (χ2v) is 9.86. The van der Waals surface area contributed by atoms with Crippen molar-refractivity contribution in [1.29, 1.82) is 0 Å². The summed E-state index contributed by atoms with van der Waals surface area (Å²) in [6, 6.07) is 0. The van der Waals surface area contributed by atoms with Gasteiger partial charge in [0.15, 0.2) is 0 Å². The average Bonchev–Trinajstić information content (AvgIpc) is 2.25. The number of rotatable bonds is 8. The van der Waals surface area contributed by atoms with Crippen molar-refractivity contribution < 1.29 is 14.4 Å². The molecule has 0 aliphatic heterocycles. The first-order valence-corrected chi connectivity index (χ1v) is 8.29. The molecule has 0 amide bonds. The molecule has 0 aliphatic carbocycles. The fourth-order valence-electron chi connectivity index (χ4n) is 1.39. The zero-order chi connectivity index (χ0) is 11.1. The van der Waals surface area contributed by atoms with Gasteiger partial charge in [-0.25, -0.2) is 0 Å². The molecule has 0 radical (unpaired) electrons. The predicted molar refractivity (Wildman–Crippen MR) is 63.5 cm³/mol. The maximum absolute atomic E-state index is 10.7. The first-order valence-electron chi connectivity index (χ1n) is 5.36. The Balaban J connectivity index is 4.10. The van der Waals surface area contributed by atoms with Crippen molar-refractivity contribution in [2.45, 2.75) is 20.8 Å². The minimum atomic E-state index is -2.51. The molecule has 0 heterocycles. The second-order valence-electron chi connectivity index (χ2n) is 3.89. The van der Waals surface area contributed by atoms with Crippen LogP contribution in [0.2, 0.25) is 0 Å². The zero-order valence-electron chi connectivity index (χ0n) is 9.95. The van der Waals surface area contributed by atoms with Gasteiger partial charge in [-0.1, -0.05) is 0 Å². The fourth-order valence-corrected chi connectivity index (χ4v) is 3.87. The molecular weight excluding hydrogens is 199 g/mol. The molecule has 0 aromatic heterocycles. The Morgan fingerprint density at radius 1 is 1.00 bits per heavy atom. The van der Waals surface area contributed by atoms with E-state index in [-0.39, 0.29) is 0 Å². The molecule has 0 saturated carbocycles. The predicted octanol–water partition coefficient (Wildman–Crippen LogP) is 2.13. The number of hydrogen-bond acceptors (Lipinski definition) is 3. The van der Waals surface area contributed by atoms with Crippen molar-refractivity contribution in [2.24, 2.45) is 0 Å². The Morgan fingerprint density at radius 2 is 1.50 bits per heavy atom. The van der Waals surface area contributed by atoms with E-state index >= 15 is 0 Å². The molecule has 0 aromatic rings. The van der Waals surface area contributed by atoms with Crippen LogP contribution >= 0.6 is 6.83 Å². The molecule has 0 fully saturated rings. The van der Waals surface area contributed by atoms with Gasteiger partial charge in [-0.15, -0.1) is 0 Å². The first kappa shape index (κ1) is 14.3. The molecule has 88 valence electrons. The van der Waals surface area contributed by atoms with E-state index in [1.165, 1.54) is 0 Å². The molecule has 1 N–H and O–H groups in total. The van der Waals surface area contributed by atoms with Gasteiger partial charge in [0, 0.05) is 0 Å². The molecule has 0 aliphatic rings. The zero-order valence-corrected chi connectivity index (χ0v) is 10.8. The summed E-state index contributed by atoms with van der Waals surface area (Å²) in [5.41, 5.74) is 0. The van der Waals surface area contributed by atoms with Gasteiger partial charge in [0.1, 0.15) is 0 Å². The summed E-state index contributed by atoms with van der Waals surface area (Å²) in [5, 5.41) is 0. The Hall–Kier alpha value is 0.310. The Kier molecular flexibility index (Phi) is 6.15. The standard InChI is InChI=1S/C10H25O3P/c1-5-14(11,6-2,7-3)10-13-9-8-12-4/h11H,5-10H2,1-4H3. The van der Waals surface area contributed by atoms with Crippen LogP contribution in [0.4, 0.5) is 0 Å². The summed E-state index contributed by atoms with van der Waals surface area (Å²) in [5.74, 6) is 0. The van der Waals surface area contributed by atoms with E-state index in [4.69, 9.17) is 9.47 Å². The van der Waals surface area contributed by atoms with Crippen molar-refractivity contribution in [2.75, 3.05) is 45.2 Å². The van der Waals surface area contributed by atoms with Crippen LogP contribution in [0.3, 0.4) is 0 Å². The molecule has 0 saturated heterocycles. The molecule has 0 spiro atoms. The van der Waals surface area contributed by atoms with Crippen LogP contribution in [0.1, 0.15) is 20.8 Å². The number of ether oxygens (including phenoxy) is 2. The summed E-state index contributed by atoms with van der Waals surface area (Å²) < 4.78 is 10.4. The van der Waals surface area contributed by atoms with Crippen molar-refractivity contribution in [3.63, 3.8) is 0 Å². The van der Waals surface area contributed by atoms with Crippen LogP contribution in [-0.2, 0) is 9.47 Å². The van der Waals surface area contributed by atoms with Gasteiger partial charge in [0.2, 0.25) is 0 Å². The molecule has 14 heavy (non-hydrogen) atoms. The van der Waals surface area contributed by atoms with Gasteiger partial charge < -0.3 is 0 Å². The molecule has 3 nitrogen and oxygen atoms in total. The van der Waals surface area contributed by atoms with Gasteiger partial charge in [-0.05, 0) is 0 Å². The minimum absolute atomic E-state index is 0.526. The molecule has 0 unspecified atom stereocenters. The van der Waals surface area contributed by atoms with Crippen molar-refractivity contribution >= 4 is 6.83 Å². The Morgan fingerprint density at radius 3 is 1.86 bits per heavy atom. The van der Waals surface area contributed by atoms with Crippen LogP contribution in [0.15, 0.2) is 0 Å². The SMILES string of the molecule is CCP(O)(CC)(CC)COCCOC. The van der Waals surface area contributed by atoms with Gasteiger partial charge in [-0.2, -0.15) is 0 Å². The molecule has 0 rings (SSSR count). The topological polar surface area (TPSA) is 38.7 Å². The van der Waals surface area contributed by atoms with Crippen molar-refractivity contribution in [1.82, 2.24) is 0 Å². The van der Waals surface area contributed by atoms with Crippen LogP contribution in [0.25, 0.3) is 0 Å². The third kappa shape index (κ3) is 3.82. The van der Waals surface area contributed by atoms with E-state index in [0.29, 0.717) is 19.6 Å². The van der Waals surface area contributed by atoms with Gasteiger partial charge in [0.25, 0.3) is 0 Å². The Bertz CT molecular complexity index is 146. The molecular formula is C10H25O3P. The summed E-state index contributed by atoms with van der Waals surface area (Å²) >= 11 is 0. The van der Waals surface area contributed by atoms with E-state index in [9.17, 15) is 4.89 Å². The molecule has 0 aromatic carbocycles. The van der Waals surface area contributed by atoms with Gasteiger partial charge in [0.05, 0.1) is 0 Å². The third-order valence-corrected chi connectivity index (χ3v) is 9.01. The maximum atomic E-state index is 10.7. The molecule has 4 heteroatoms. The summed E-state index contributed by atoms with van der Waals surface area (Å²) in [6.07, 6.45) is 3.08. The first-order chi connectivity index (χ1) is 6.54. The van der Waals surface area contributed by atoms with E-state index in [0.717, 1.165) is 18.5 Å². The van der Waals surface area contributed by atoms with Gasteiger partial charge in [-0.3, -0.25) is 0 Å². The quantitative estimate of drug-likeness (QED) is 0.507. The number of hydrogen-bond donors (Lipinski definition) is 1. The Labute approximate surface area is 87.8 Å². The van der Waals surface area contributed by atoms with Crippen molar-refractivity contribution in [3.05, 3.63) is 0 Å². The second kappa shape index (κ2) is 6.02. The monoisotopic (exact) mass is 224 g/mol. The summed E-state index contributed by atoms with van der Waals surface area (Å²) in [4.78, 5) is 10.7. The average molecular weight is 224 g/mol. The van der Waals surface area contributed by atoms with E-state index in [2.05, 4.69) is 20.8 Å². The van der Waals surface area contributed by atoms with Crippen LogP contribution in [0.5, 0.6) is 0 Å². The van der Waals surface area contributed by atoms with E-state index in [1.54, 1.807) is 7.11 Å². The summed E-state index contributed by atoms with van der Waals surface area (Å²) in [6.45, 7) is 4.85. The summed E-state index contributed by atoms with van der Waals surface area (Å²) in [7, 11) is 1.65. The van der Waals surface area contributed by atoms with Crippen molar-refractivity contribution in [3.8, 4) is 0 Å². The van der Waals surface area contributed by atoms with Crippen LogP contribution < -0.4 is 0 Å². The normalized spacial score (nSPS) is 15.1.